The fourth-order valence-corrected chi connectivity index (χ4v) is 4.52. The van der Waals surface area contributed by atoms with Crippen LogP contribution in [0.5, 0.6) is 34.5 Å². The molecule has 10 nitrogen and oxygen atoms in total. The van der Waals surface area contributed by atoms with E-state index in [0.717, 1.165) is 24.0 Å². The lowest BCUT2D eigenvalue weighted by Gasteiger charge is -2.21. The molecule has 0 aromatic heterocycles. The van der Waals surface area contributed by atoms with Crippen molar-refractivity contribution in [3.8, 4) is 34.5 Å². The number of rotatable bonds is 13. The lowest BCUT2D eigenvalue weighted by Crippen LogP contribution is -2.34. The maximum absolute atomic E-state index is 11.9. The van der Waals surface area contributed by atoms with Crippen LogP contribution in [0.25, 0.3) is 12.2 Å². The molecule has 10 heteroatoms. The number of hydrogen-bond acceptors (Lipinski definition) is 8. The topological polar surface area (TPSA) is 128 Å². The highest BCUT2D eigenvalue weighted by Crippen LogP contribution is 2.39. The van der Waals surface area contributed by atoms with E-state index < -0.39 is 5.91 Å². The largest absolute Gasteiger partial charge is 0.493 e. The number of benzene rings is 2. The predicted octanol–water partition coefficient (Wildman–Crippen LogP) is 5.50. The van der Waals surface area contributed by atoms with Gasteiger partial charge < -0.3 is 39.5 Å². The molecule has 0 saturated heterocycles. The van der Waals surface area contributed by atoms with Crippen molar-refractivity contribution in [1.82, 2.24) is 5.32 Å². The van der Waals surface area contributed by atoms with Crippen LogP contribution in [0.2, 0.25) is 0 Å². The van der Waals surface area contributed by atoms with Crippen molar-refractivity contribution in [3.63, 3.8) is 0 Å². The van der Waals surface area contributed by atoms with Gasteiger partial charge in [-0.05, 0) is 48.2 Å². The molecule has 1 fully saturated rings. The number of carbonyl (C=O) groups is 2. The first-order valence-corrected chi connectivity index (χ1v) is 14.2. The molecule has 1 saturated carbocycles. The van der Waals surface area contributed by atoms with Crippen molar-refractivity contribution >= 4 is 24.0 Å². The summed E-state index contributed by atoms with van der Waals surface area (Å²) in [6.07, 6.45) is 19.2. The zero-order valence-corrected chi connectivity index (χ0v) is 26.4. The van der Waals surface area contributed by atoms with Gasteiger partial charge in [-0.15, -0.1) is 0 Å². The fraction of sp³-hybridized carbons (Fsp3) is 0.353. The molecule has 0 unspecified atom stereocenters. The number of methoxy groups -OCH3 is 6. The molecular weight excluding hydrogens is 564 g/mol. The molecule has 44 heavy (non-hydrogen) atoms. The van der Waals surface area contributed by atoms with E-state index in [2.05, 4.69) is 5.32 Å². The van der Waals surface area contributed by atoms with Crippen LogP contribution in [0.1, 0.15) is 43.2 Å². The van der Waals surface area contributed by atoms with Gasteiger partial charge in [0.05, 0.1) is 42.7 Å². The molecule has 238 valence electrons. The first-order chi connectivity index (χ1) is 21.3. The Balaban J connectivity index is 0.000000319. The van der Waals surface area contributed by atoms with Gasteiger partial charge in [0.15, 0.2) is 23.0 Å². The summed E-state index contributed by atoms with van der Waals surface area (Å²) in [6, 6.07) is 7.64. The number of ether oxygens (including phenoxy) is 6. The van der Waals surface area contributed by atoms with Crippen molar-refractivity contribution in [3.05, 3.63) is 71.8 Å². The second-order valence-electron chi connectivity index (χ2n) is 9.60. The van der Waals surface area contributed by atoms with Gasteiger partial charge in [-0.1, -0.05) is 55.7 Å². The third-order valence-electron chi connectivity index (χ3n) is 6.63. The number of nitrogens with two attached hydrogens (primary N) is 1. The van der Waals surface area contributed by atoms with Crippen molar-refractivity contribution < 1.29 is 38.0 Å². The normalized spacial score (nSPS) is 13.5. The summed E-state index contributed by atoms with van der Waals surface area (Å²) in [5.41, 5.74) is 6.73. The molecule has 2 aromatic rings. The molecule has 0 radical (unpaired) electrons. The third kappa shape index (κ3) is 11.4. The fourth-order valence-electron chi connectivity index (χ4n) is 4.52. The minimum absolute atomic E-state index is 0.0403. The van der Waals surface area contributed by atoms with Gasteiger partial charge in [0.25, 0.3) is 0 Å². The van der Waals surface area contributed by atoms with E-state index in [1.807, 2.05) is 24.3 Å². The summed E-state index contributed by atoms with van der Waals surface area (Å²) in [7, 11) is 9.39. The van der Waals surface area contributed by atoms with Crippen molar-refractivity contribution in [2.75, 3.05) is 42.7 Å². The minimum atomic E-state index is -0.491. The van der Waals surface area contributed by atoms with E-state index in [4.69, 9.17) is 34.2 Å². The number of allylic oxidation sites excluding steroid dienone is 4. The second-order valence-corrected chi connectivity index (χ2v) is 9.60. The average Bonchev–Trinajstić information content (AvgIpc) is 3.04. The highest BCUT2D eigenvalue weighted by molar-refractivity contribution is 5.88. The van der Waals surface area contributed by atoms with Crippen molar-refractivity contribution in [1.29, 1.82) is 0 Å². The Labute approximate surface area is 260 Å². The molecule has 3 N–H and O–H groups in total. The van der Waals surface area contributed by atoms with Crippen molar-refractivity contribution in [2.24, 2.45) is 5.73 Å². The molecule has 1 aliphatic carbocycles. The highest BCUT2D eigenvalue weighted by atomic mass is 16.5. The van der Waals surface area contributed by atoms with Gasteiger partial charge in [-0.3, -0.25) is 9.59 Å². The number of nitrogens with one attached hydrogen (secondary N) is 1. The van der Waals surface area contributed by atoms with Crippen LogP contribution < -0.4 is 39.5 Å². The van der Waals surface area contributed by atoms with Gasteiger partial charge in [0, 0.05) is 18.2 Å². The van der Waals surface area contributed by atoms with Crippen LogP contribution >= 0.6 is 0 Å². The first-order valence-electron chi connectivity index (χ1n) is 14.2. The lowest BCUT2D eigenvalue weighted by molar-refractivity contribution is -0.117. The molecule has 2 amide bonds. The molecule has 1 aliphatic rings. The third-order valence-corrected chi connectivity index (χ3v) is 6.63. The maximum atomic E-state index is 11.9. The van der Waals surface area contributed by atoms with Crippen molar-refractivity contribution in [2.45, 2.75) is 38.1 Å². The number of carbonyl (C=O) groups excluding carboxylic acids is 2. The van der Waals surface area contributed by atoms with Crippen LogP contribution in [0.15, 0.2) is 60.7 Å². The van der Waals surface area contributed by atoms with Gasteiger partial charge in [-0.2, -0.15) is 0 Å². The molecule has 0 bridgehead atoms. The smallest absolute Gasteiger partial charge is 0.244 e. The summed E-state index contributed by atoms with van der Waals surface area (Å²) in [5, 5.41) is 3.05. The lowest BCUT2D eigenvalue weighted by atomic mass is 9.95. The Morgan fingerprint density at radius 2 is 1.05 bits per heavy atom. The average molecular weight is 609 g/mol. The summed E-state index contributed by atoms with van der Waals surface area (Å²) in [6.45, 7) is 0. The first kappa shape index (κ1) is 35.3. The quantitative estimate of drug-likeness (QED) is 0.226. The minimum Gasteiger partial charge on any atom is -0.493 e. The SMILES string of the molecule is COc1cc(/C=C/C=C/C(=O)NC2CCCCC2)cc(OC)c1OC.COc1cc(/C=C/C=C/C(N)=O)cc(OC)c1OC. The Kier molecular flexibility index (Phi) is 15.5. The Morgan fingerprint density at radius 3 is 1.41 bits per heavy atom. The molecule has 3 rings (SSSR count). The van der Waals surface area contributed by atoms with Gasteiger partial charge in [-0.25, -0.2) is 0 Å². The van der Waals surface area contributed by atoms with E-state index in [-0.39, 0.29) is 5.91 Å². The van der Waals surface area contributed by atoms with Crippen LogP contribution in [0, 0.1) is 0 Å². The zero-order valence-electron chi connectivity index (χ0n) is 26.4. The van der Waals surface area contributed by atoms with E-state index >= 15 is 0 Å². The molecule has 0 aliphatic heterocycles. The summed E-state index contributed by atoms with van der Waals surface area (Å²) >= 11 is 0. The van der Waals surface area contributed by atoms with E-state index in [1.54, 1.807) is 85.2 Å². The molecule has 2 aromatic carbocycles. The second kappa shape index (κ2) is 19.4. The summed E-state index contributed by atoms with van der Waals surface area (Å²) in [5.74, 6) is 2.90. The number of amides is 2. The molecule has 0 heterocycles. The maximum Gasteiger partial charge on any atom is 0.244 e. The number of hydrogen-bond donors (Lipinski definition) is 2. The highest BCUT2D eigenvalue weighted by Gasteiger charge is 2.14. The predicted molar refractivity (Wildman–Crippen MR) is 173 cm³/mol. The molecular formula is C34H44N2O8. The van der Waals surface area contributed by atoms with Gasteiger partial charge in [0.2, 0.25) is 23.3 Å². The van der Waals surface area contributed by atoms with Crippen LogP contribution in [0.3, 0.4) is 0 Å². The monoisotopic (exact) mass is 608 g/mol. The van der Waals surface area contributed by atoms with E-state index in [0.29, 0.717) is 40.5 Å². The van der Waals surface area contributed by atoms with Gasteiger partial charge >= 0.3 is 0 Å². The standard InChI is InChI=1S/C20H27NO4.C14H17NO4/c1-23-17-13-15(14-18(24-2)20(17)25-3)9-7-8-12-19(22)21-16-10-5-4-6-11-16;1-17-11-8-10(6-4-5-7-13(15)16)9-12(18-2)14(11)19-3/h7-9,12-14,16H,4-6,10-11H2,1-3H3,(H,21,22);4-9H,1-3H3,(H2,15,16)/b9-7+,12-8+;6-4+,7-5+. The number of primary amides is 1. The van der Waals surface area contributed by atoms with Crippen LogP contribution in [-0.2, 0) is 9.59 Å². The van der Waals surface area contributed by atoms with Gasteiger partial charge in [0.1, 0.15) is 0 Å². The van der Waals surface area contributed by atoms with Crippen LogP contribution in [0.4, 0.5) is 0 Å². The molecule has 0 spiro atoms. The summed E-state index contributed by atoms with van der Waals surface area (Å²) in [4.78, 5) is 22.5. The zero-order chi connectivity index (χ0) is 32.3. The summed E-state index contributed by atoms with van der Waals surface area (Å²) < 4.78 is 31.6. The van der Waals surface area contributed by atoms with E-state index in [1.165, 1.54) is 25.3 Å². The van der Waals surface area contributed by atoms with E-state index in [9.17, 15) is 9.59 Å². The van der Waals surface area contributed by atoms with Crippen LogP contribution in [-0.4, -0.2) is 60.5 Å². The Bertz CT molecular complexity index is 1290. The molecule has 0 atom stereocenters. The Hall–Kier alpha value is -4.86. The Morgan fingerprint density at radius 1 is 0.636 bits per heavy atom.